The number of hydrogen-bond acceptors (Lipinski definition) is 6. The number of carbonyl (C=O) groups is 2. The number of aromatic nitrogens is 1. The lowest BCUT2D eigenvalue weighted by Gasteiger charge is -2.25. The third-order valence-corrected chi connectivity index (χ3v) is 3.78. The number of amides is 1. The molecule has 0 aliphatic carbocycles. The van der Waals surface area contributed by atoms with Gasteiger partial charge in [-0.05, 0) is 31.2 Å². The maximum absolute atomic E-state index is 11.7. The largest absolute Gasteiger partial charge is 0.481 e. The molecule has 0 aliphatic rings. The molecule has 0 fully saturated rings. The van der Waals surface area contributed by atoms with Gasteiger partial charge in [0.2, 0.25) is 5.91 Å². The second-order valence-electron chi connectivity index (χ2n) is 5.45. The van der Waals surface area contributed by atoms with Gasteiger partial charge in [0, 0.05) is 6.42 Å². The number of nitrogens with one attached hydrogen (secondary N) is 1. The van der Waals surface area contributed by atoms with Crippen LogP contribution in [0.4, 0.5) is 0 Å². The minimum Gasteiger partial charge on any atom is -0.481 e. The second-order valence-corrected chi connectivity index (χ2v) is 6.58. The summed E-state index contributed by atoms with van der Waals surface area (Å²) in [5.41, 5.74) is -0.638. The fraction of sp³-hybridized carbons (Fsp3) is 0.643. The van der Waals surface area contributed by atoms with Gasteiger partial charge in [-0.2, -0.15) is 0 Å². The van der Waals surface area contributed by atoms with Crippen LogP contribution in [0, 0.1) is 0 Å². The highest BCUT2D eigenvalue weighted by molar-refractivity contribution is 7.99. The van der Waals surface area contributed by atoms with Crippen LogP contribution in [0.5, 0.6) is 5.88 Å². The first-order valence-corrected chi connectivity index (χ1v) is 8.05. The lowest BCUT2D eigenvalue weighted by atomic mass is 10.1. The highest BCUT2D eigenvalue weighted by Crippen LogP contribution is 2.28. The molecular formula is C14H22N2O5S. The summed E-state index contributed by atoms with van der Waals surface area (Å²) < 4.78 is 10.5. The van der Waals surface area contributed by atoms with Gasteiger partial charge in [0.1, 0.15) is 17.8 Å². The lowest BCUT2D eigenvalue weighted by Crippen LogP contribution is -2.47. The van der Waals surface area contributed by atoms with E-state index >= 15 is 0 Å². The highest BCUT2D eigenvalue weighted by atomic mass is 32.2. The fourth-order valence-corrected chi connectivity index (χ4v) is 2.32. The van der Waals surface area contributed by atoms with Crippen LogP contribution in [0.1, 0.15) is 40.0 Å². The van der Waals surface area contributed by atoms with Gasteiger partial charge >= 0.3 is 5.97 Å². The van der Waals surface area contributed by atoms with Crippen molar-refractivity contribution in [3.63, 3.8) is 0 Å². The Morgan fingerprint density at radius 3 is 2.82 bits per heavy atom. The number of rotatable bonds is 10. The highest BCUT2D eigenvalue weighted by Gasteiger charge is 2.23. The van der Waals surface area contributed by atoms with Crippen LogP contribution in [0.3, 0.4) is 0 Å². The van der Waals surface area contributed by atoms with E-state index in [4.69, 9.17) is 14.4 Å². The Bertz CT molecular complexity index is 501. The van der Waals surface area contributed by atoms with Crippen molar-refractivity contribution in [1.29, 1.82) is 0 Å². The molecule has 1 rings (SSSR count). The summed E-state index contributed by atoms with van der Waals surface area (Å²) >= 11 is 1.60. The van der Waals surface area contributed by atoms with Crippen LogP contribution >= 0.6 is 11.8 Å². The molecule has 22 heavy (non-hydrogen) atoms. The van der Waals surface area contributed by atoms with Gasteiger partial charge in [-0.3, -0.25) is 9.59 Å². The summed E-state index contributed by atoms with van der Waals surface area (Å²) in [6.45, 7) is 5.88. The van der Waals surface area contributed by atoms with Gasteiger partial charge in [-0.25, -0.2) is 0 Å². The summed E-state index contributed by atoms with van der Waals surface area (Å²) in [5.74, 6) is 0.0276. The number of aliphatic carboxylic acids is 1. The van der Waals surface area contributed by atoms with Crippen LogP contribution in [-0.2, 0) is 9.59 Å². The Kier molecular flexibility index (Phi) is 7.23. The molecule has 124 valence electrons. The number of thioether (sulfide) groups is 1. The zero-order valence-corrected chi connectivity index (χ0v) is 13.9. The van der Waals surface area contributed by atoms with E-state index < -0.39 is 11.5 Å². The normalized spacial score (nSPS) is 11.2. The van der Waals surface area contributed by atoms with E-state index in [1.54, 1.807) is 25.6 Å². The summed E-state index contributed by atoms with van der Waals surface area (Å²) in [5, 5.41) is 15.1. The summed E-state index contributed by atoms with van der Waals surface area (Å²) in [6.07, 6.45) is 2.32. The summed E-state index contributed by atoms with van der Waals surface area (Å²) in [7, 11) is 0. The molecule has 0 unspecified atom stereocenters. The molecule has 1 aromatic rings. The topological polar surface area (TPSA) is 102 Å². The smallest absolute Gasteiger partial charge is 0.303 e. The van der Waals surface area contributed by atoms with Crippen molar-refractivity contribution < 1.29 is 24.0 Å². The minimum atomic E-state index is -0.996. The van der Waals surface area contributed by atoms with Crippen LogP contribution < -0.4 is 10.1 Å². The molecule has 7 nitrogen and oxygen atoms in total. The summed E-state index contributed by atoms with van der Waals surface area (Å²) in [4.78, 5) is 22.9. The molecule has 2 N–H and O–H groups in total. The number of nitrogens with zero attached hydrogens (tertiary/aromatic N) is 1. The first-order chi connectivity index (χ1) is 10.3. The Morgan fingerprint density at radius 1 is 1.45 bits per heavy atom. The molecule has 1 heterocycles. The quantitative estimate of drug-likeness (QED) is 0.635. The lowest BCUT2D eigenvalue weighted by molar-refractivity contribution is -0.139. The zero-order chi connectivity index (χ0) is 16.6. The van der Waals surface area contributed by atoms with Crippen molar-refractivity contribution in [2.45, 2.75) is 50.5 Å². The van der Waals surface area contributed by atoms with Gasteiger partial charge in [-0.1, -0.05) is 6.92 Å². The van der Waals surface area contributed by atoms with Gasteiger partial charge in [0.05, 0.1) is 12.0 Å². The first kappa shape index (κ1) is 18.3. The molecule has 0 aromatic carbocycles. The van der Waals surface area contributed by atoms with E-state index in [1.807, 2.05) is 0 Å². The van der Waals surface area contributed by atoms with Crippen molar-refractivity contribution >= 4 is 23.6 Å². The van der Waals surface area contributed by atoms with Gasteiger partial charge in [0.15, 0.2) is 0 Å². The molecule has 0 saturated heterocycles. The number of ether oxygens (including phenoxy) is 1. The molecule has 0 aliphatic heterocycles. The van der Waals surface area contributed by atoms with Crippen molar-refractivity contribution in [3.05, 3.63) is 6.26 Å². The fourth-order valence-electron chi connectivity index (χ4n) is 1.57. The Hall–Kier alpha value is -1.70. The van der Waals surface area contributed by atoms with Crippen LogP contribution in [0.25, 0.3) is 0 Å². The molecule has 1 aromatic heterocycles. The Labute approximate surface area is 133 Å². The van der Waals surface area contributed by atoms with E-state index in [2.05, 4.69) is 17.4 Å². The number of carboxylic acids is 1. The van der Waals surface area contributed by atoms with Crippen LogP contribution in [0.2, 0.25) is 0 Å². The van der Waals surface area contributed by atoms with E-state index in [0.717, 1.165) is 17.1 Å². The van der Waals surface area contributed by atoms with Gasteiger partial charge in [-0.15, -0.1) is 11.8 Å². The van der Waals surface area contributed by atoms with E-state index in [-0.39, 0.29) is 25.4 Å². The monoisotopic (exact) mass is 330 g/mol. The Balaban J connectivity index is 2.46. The zero-order valence-electron chi connectivity index (χ0n) is 13.0. The molecule has 0 saturated carbocycles. The van der Waals surface area contributed by atoms with E-state index in [1.165, 1.54) is 6.26 Å². The number of hydrogen-bond donors (Lipinski definition) is 2. The van der Waals surface area contributed by atoms with Crippen LogP contribution in [-0.4, -0.2) is 40.0 Å². The average Bonchev–Trinajstić information content (AvgIpc) is 2.88. The summed E-state index contributed by atoms with van der Waals surface area (Å²) in [6, 6.07) is 0. The SMILES string of the molecule is CCCSc1conc1OCC(C)(C)NC(=O)CCC(=O)O. The van der Waals surface area contributed by atoms with Gasteiger partial charge in [0.25, 0.3) is 5.88 Å². The minimum absolute atomic E-state index is 0.0552. The third kappa shape index (κ3) is 6.84. The molecule has 1 amide bonds. The first-order valence-electron chi connectivity index (χ1n) is 7.07. The second kappa shape index (κ2) is 8.67. The number of carbonyl (C=O) groups excluding carboxylic acids is 1. The molecule has 0 radical (unpaired) electrons. The predicted molar refractivity (Wildman–Crippen MR) is 82.1 cm³/mol. The number of carboxylic acid groups (broad SMARTS) is 1. The maximum Gasteiger partial charge on any atom is 0.303 e. The van der Waals surface area contributed by atoms with Crippen molar-refractivity contribution in [2.24, 2.45) is 0 Å². The molecule has 0 atom stereocenters. The van der Waals surface area contributed by atoms with E-state index in [9.17, 15) is 9.59 Å². The van der Waals surface area contributed by atoms with Crippen molar-refractivity contribution in [2.75, 3.05) is 12.4 Å². The third-order valence-electron chi connectivity index (χ3n) is 2.58. The van der Waals surface area contributed by atoms with E-state index in [0.29, 0.717) is 5.88 Å². The maximum atomic E-state index is 11.7. The molecule has 0 bridgehead atoms. The standard InChI is InChI=1S/C14H22N2O5S/c1-4-7-22-10-8-21-16-13(10)20-9-14(2,3)15-11(17)5-6-12(18)19/h8H,4-7,9H2,1-3H3,(H,15,17)(H,18,19). The van der Waals surface area contributed by atoms with Gasteiger partial charge < -0.3 is 19.7 Å². The predicted octanol–water partition coefficient (Wildman–Crippen LogP) is 2.32. The molecule has 0 spiro atoms. The molecular weight excluding hydrogens is 308 g/mol. The average molecular weight is 330 g/mol. The van der Waals surface area contributed by atoms with Crippen molar-refractivity contribution in [1.82, 2.24) is 10.5 Å². The Morgan fingerprint density at radius 2 is 2.18 bits per heavy atom. The van der Waals surface area contributed by atoms with Crippen molar-refractivity contribution in [3.8, 4) is 5.88 Å². The molecule has 8 heteroatoms. The van der Waals surface area contributed by atoms with Crippen LogP contribution in [0.15, 0.2) is 15.7 Å².